The van der Waals surface area contributed by atoms with Gasteiger partial charge in [-0.1, -0.05) is 12.1 Å². The first-order chi connectivity index (χ1) is 8.70. The van der Waals surface area contributed by atoms with Crippen molar-refractivity contribution in [3.05, 3.63) is 59.4 Å². The molecule has 2 nitrogen and oxygen atoms in total. The van der Waals surface area contributed by atoms with Gasteiger partial charge in [0.2, 0.25) is 0 Å². The van der Waals surface area contributed by atoms with Gasteiger partial charge in [-0.3, -0.25) is 4.98 Å². The van der Waals surface area contributed by atoms with Crippen LogP contribution in [0.2, 0.25) is 0 Å². The second-order valence-electron chi connectivity index (χ2n) is 4.26. The van der Waals surface area contributed by atoms with Crippen molar-refractivity contribution in [3.63, 3.8) is 0 Å². The third-order valence-electron chi connectivity index (χ3n) is 2.96. The summed E-state index contributed by atoms with van der Waals surface area (Å²) in [5, 5.41) is -0.0538. The molecule has 0 radical (unpaired) electrons. The number of benzene rings is 1. The van der Waals surface area contributed by atoms with Gasteiger partial charge in [-0.2, -0.15) is 0 Å². The summed E-state index contributed by atoms with van der Waals surface area (Å²) in [6.45, 7) is 2.02. The predicted octanol–water partition coefficient (Wildman–Crippen LogP) is 3.92. The number of alkyl halides is 1. The third-order valence-corrected chi connectivity index (χ3v) is 3.36. The molecule has 0 aliphatic heterocycles. The summed E-state index contributed by atoms with van der Waals surface area (Å²) in [4.78, 5) is 4.00. The molecule has 18 heavy (non-hydrogen) atoms. The summed E-state index contributed by atoms with van der Waals surface area (Å²) in [5.74, 6) is 0.882. The fourth-order valence-electron chi connectivity index (χ4n) is 1.88. The van der Waals surface area contributed by atoms with E-state index in [9.17, 15) is 0 Å². The van der Waals surface area contributed by atoms with Crippen LogP contribution in [0.1, 0.15) is 22.1 Å². The molecule has 94 valence electrons. The highest BCUT2D eigenvalue weighted by atomic mass is 35.5. The van der Waals surface area contributed by atoms with E-state index in [2.05, 4.69) is 11.1 Å². The Morgan fingerprint density at radius 1 is 1.22 bits per heavy atom. The number of pyridine rings is 1. The average Bonchev–Trinajstić information content (AvgIpc) is 2.40. The lowest BCUT2D eigenvalue weighted by molar-refractivity contribution is 0.411. The second kappa shape index (κ2) is 5.87. The number of hydrogen-bond donors (Lipinski definition) is 0. The second-order valence-corrected chi connectivity index (χ2v) is 4.78. The Morgan fingerprint density at radius 2 is 1.94 bits per heavy atom. The largest absolute Gasteiger partial charge is 0.496 e. The number of methoxy groups -OCH3 is 1. The van der Waals surface area contributed by atoms with Crippen molar-refractivity contribution in [2.24, 2.45) is 0 Å². The Balaban J connectivity index is 2.16. The van der Waals surface area contributed by atoms with Crippen LogP contribution in [-0.2, 0) is 6.42 Å². The van der Waals surface area contributed by atoms with Crippen molar-refractivity contribution < 1.29 is 4.74 Å². The number of nitrogens with zero attached hydrogens (tertiary/aromatic N) is 1. The molecule has 0 aliphatic carbocycles. The van der Waals surface area contributed by atoms with E-state index in [0.29, 0.717) is 0 Å². The standard InChI is InChI=1S/C15H16ClNO/c1-11-3-4-13(10-15(11)18-2)14(16)9-12-5-7-17-8-6-12/h3-8,10,14H,9H2,1-2H3. The quantitative estimate of drug-likeness (QED) is 0.779. The first kappa shape index (κ1) is 12.9. The minimum absolute atomic E-state index is 0.0538. The Morgan fingerprint density at radius 3 is 2.61 bits per heavy atom. The zero-order valence-corrected chi connectivity index (χ0v) is 11.3. The van der Waals surface area contributed by atoms with E-state index >= 15 is 0 Å². The van der Waals surface area contributed by atoms with Crippen LogP contribution in [0.15, 0.2) is 42.7 Å². The van der Waals surface area contributed by atoms with Crippen LogP contribution in [0, 0.1) is 6.92 Å². The molecule has 0 fully saturated rings. The summed E-state index contributed by atoms with van der Waals surface area (Å²) in [5.41, 5.74) is 3.38. The van der Waals surface area contributed by atoms with Crippen molar-refractivity contribution >= 4 is 11.6 Å². The zero-order valence-electron chi connectivity index (χ0n) is 10.6. The molecule has 0 aliphatic rings. The molecule has 3 heteroatoms. The molecule has 2 aromatic rings. The van der Waals surface area contributed by atoms with Gasteiger partial charge in [-0.25, -0.2) is 0 Å². The number of hydrogen-bond acceptors (Lipinski definition) is 2. The molecule has 0 N–H and O–H groups in total. The summed E-state index contributed by atoms with van der Waals surface area (Å²) >= 11 is 6.45. The molecular weight excluding hydrogens is 246 g/mol. The van der Waals surface area contributed by atoms with Crippen LogP contribution in [-0.4, -0.2) is 12.1 Å². The molecule has 1 atom stereocenters. The summed E-state index contributed by atoms with van der Waals surface area (Å²) in [7, 11) is 1.68. The van der Waals surface area contributed by atoms with Gasteiger partial charge in [0.1, 0.15) is 5.75 Å². The maximum absolute atomic E-state index is 6.45. The average molecular weight is 262 g/mol. The summed E-state index contributed by atoms with van der Waals surface area (Å²) < 4.78 is 5.32. The molecule has 0 bridgehead atoms. The molecule has 0 amide bonds. The van der Waals surface area contributed by atoms with Crippen LogP contribution in [0.5, 0.6) is 5.75 Å². The van der Waals surface area contributed by atoms with Gasteiger partial charge in [0.15, 0.2) is 0 Å². The van der Waals surface area contributed by atoms with E-state index in [1.807, 2.05) is 31.2 Å². The smallest absolute Gasteiger partial charge is 0.122 e. The first-order valence-corrected chi connectivity index (χ1v) is 6.32. The highest BCUT2D eigenvalue weighted by Crippen LogP contribution is 2.29. The summed E-state index contributed by atoms with van der Waals surface area (Å²) in [6.07, 6.45) is 4.36. The molecule has 0 spiro atoms. The topological polar surface area (TPSA) is 22.1 Å². The van der Waals surface area contributed by atoms with Gasteiger partial charge < -0.3 is 4.74 Å². The van der Waals surface area contributed by atoms with Crippen LogP contribution in [0.3, 0.4) is 0 Å². The number of rotatable bonds is 4. The Labute approximate surface area is 113 Å². The molecule has 1 aromatic heterocycles. The van der Waals surface area contributed by atoms with Gasteiger partial charge in [-0.05, 0) is 48.2 Å². The Bertz CT molecular complexity index is 513. The number of aromatic nitrogens is 1. The molecule has 2 rings (SSSR count). The molecule has 1 aromatic carbocycles. The maximum Gasteiger partial charge on any atom is 0.122 e. The zero-order chi connectivity index (χ0) is 13.0. The normalized spacial score (nSPS) is 12.2. The van der Waals surface area contributed by atoms with Crippen LogP contribution in [0.4, 0.5) is 0 Å². The third kappa shape index (κ3) is 3.02. The van der Waals surface area contributed by atoms with Crippen molar-refractivity contribution in [3.8, 4) is 5.75 Å². The van der Waals surface area contributed by atoms with Crippen LogP contribution < -0.4 is 4.74 Å². The molecule has 1 unspecified atom stereocenters. The van der Waals surface area contributed by atoms with E-state index in [1.54, 1.807) is 19.5 Å². The monoisotopic (exact) mass is 261 g/mol. The molecular formula is C15H16ClNO. The van der Waals surface area contributed by atoms with Crippen LogP contribution in [0.25, 0.3) is 0 Å². The first-order valence-electron chi connectivity index (χ1n) is 5.88. The van der Waals surface area contributed by atoms with Crippen molar-refractivity contribution in [2.75, 3.05) is 7.11 Å². The maximum atomic E-state index is 6.45. The predicted molar refractivity (Wildman–Crippen MR) is 74.3 cm³/mol. The van der Waals surface area contributed by atoms with Gasteiger partial charge >= 0.3 is 0 Å². The van der Waals surface area contributed by atoms with E-state index in [4.69, 9.17) is 16.3 Å². The van der Waals surface area contributed by atoms with Gasteiger partial charge in [0.25, 0.3) is 0 Å². The lowest BCUT2D eigenvalue weighted by Gasteiger charge is -2.12. The molecule has 0 saturated heterocycles. The molecule has 0 saturated carbocycles. The van der Waals surface area contributed by atoms with E-state index in [-0.39, 0.29) is 5.38 Å². The Hall–Kier alpha value is -1.54. The number of halogens is 1. The van der Waals surface area contributed by atoms with Gasteiger partial charge in [0.05, 0.1) is 12.5 Å². The number of ether oxygens (including phenoxy) is 1. The SMILES string of the molecule is COc1cc(C(Cl)Cc2ccncc2)ccc1C. The van der Waals surface area contributed by atoms with Gasteiger partial charge in [0, 0.05) is 12.4 Å². The number of aryl methyl sites for hydroxylation is 1. The highest BCUT2D eigenvalue weighted by molar-refractivity contribution is 6.20. The lowest BCUT2D eigenvalue weighted by Crippen LogP contribution is -1.97. The molecule has 1 heterocycles. The van der Waals surface area contributed by atoms with E-state index in [0.717, 1.165) is 23.3 Å². The minimum atomic E-state index is -0.0538. The highest BCUT2D eigenvalue weighted by Gasteiger charge is 2.11. The van der Waals surface area contributed by atoms with Crippen molar-refractivity contribution in [1.82, 2.24) is 4.98 Å². The summed E-state index contributed by atoms with van der Waals surface area (Å²) in [6, 6.07) is 10.1. The van der Waals surface area contributed by atoms with Gasteiger partial charge in [-0.15, -0.1) is 11.6 Å². The minimum Gasteiger partial charge on any atom is -0.496 e. The Kier molecular flexibility index (Phi) is 4.21. The van der Waals surface area contributed by atoms with E-state index in [1.165, 1.54) is 5.56 Å². The lowest BCUT2D eigenvalue weighted by atomic mass is 10.0. The fraction of sp³-hybridized carbons (Fsp3) is 0.267. The van der Waals surface area contributed by atoms with Crippen molar-refractivity contribution in [1.29, 1.82) is 0 Å². The van der Waals surface area contributed by atoms with E-state index < -0.39 is 0 Å². The fourth-order valence-corrected chi connectivity index (χ4v) is 2.19. The van der Waals surface area contributed by atoms with Crippen molar-refractivity contribution in [2.45, 2.75) is 18.7 Å². The van der Waals surface area contributed by atoms with Crippen LogP contribution >= 0.6 is 11.6 Å².